The van der Waals surface area contributed by atoms with E-state index in [0.717, 1.165) is 31.1 Å². The van der Waals surface area contributed by atoms with E-state index in [4.69, 9.17) is 9.47 Å². The second kappa shape index (κ2) is 7.12. The maximum Gasteiger partial charge on any atom is 0.122 e. The Morgan fingerprint density at radius 3 is 2.69 bits per heavy atom. The van der Waals surface area contributed by atoms with Crippen LogP contribution >= 0.6 is 0 Å². The van der Waals surface area contributed by atoms with Crippen LogP contribution in [0.1, 0.15) is 20.3 Å². The first-order chi connectivity index (χ1) is 7.72. The molecule has 0 aromatic heterocycles. The maximum absolute atomic E-state index is 5.61. The molecule has 0 fully saturated rings. The molecule has 16 heavy (non-hydrogen) atoms. The van der Waals surface area contributed by atoms with E-state index in [9.17, 15) is 0 Å². The highest BCUT2D eigenvalue weighted by Gasteiger charge is 1.97. The number of ether oxygens (including phenoxy) is 2. The number of nitrogens with one attached hydrogen (secondary N) is 1. The van der Waals surface area contributed by atoms with E-state index in [2.05, 4.69) is 19.2 Å². The number of rotatable bonds is 7. The third kappa shape index (κ3) is 5.03. The fourth-order valence-electron chi connectivity index (χ4n) is 1.34. The summed E-state index contributed by atoms with van der Waals surface area (Å²) in [5, 5.41) is 3.35. The molecule has 0 saturated carbocycles. The minimum absolute atomic E-state index is 0.539. The molecule has 1 rings (SSSR count). The minimum Gasteiger partial charge on any atom is -0.497 e. The molecule has 1 aromatic carbocycles. The highest BCUT2D eigenvalue weighted by molar-refractivity contribution is 5.32. The molecule has 0 spiro atoms. The van der Waals surface area contributed by atoms with Crippen molar-refractivity contribution in [2.45, 2.75) is 26.3 Å². The van der Waals surface area contributed by atoms with Crippen molar-refractivity contribution in [1.29, 1.82) is 0 Å². The van der Waals surface area contributed by atoms with Crippen LogP contribution in [0.4, 0.5) is 0 Å². The van der Waals surface area contributed by atoms with Gasteiger partial charge in [-0.25, -0.2) is 0 Å². The first kappa shape index (κ1) is 12.8. The fraction of sp³-hybridized carbons (Fsp3) is 0.538. The quantitative estimate of drug-likeness (QED) is 0.720. The van der Waals surface area contributed by atoms with Crippen molar-refractivity contribution in [3.63, 3.8) is 0 Å². The van der Waals surface area contributed by atoms with Crippen molar-refractivity contribution in [2.75, 3.05) is 20.3 Å². The molecule has 0 aliphatic carbocycles. The lowest BCUT2D eigenvalue weighted by molar-refractivity contribution is 0.304. The van der Waals surface area contributed by atoms with Gasteiger partial charge in [-0.05, 0) is 25.1 Å². The Balaban J connectivity index is 2.21. The minimum atomic E-state index is 0.539. The van der Waals surface area contributed by atoms with Crippen molar-refractivity contribution in [1.82, 2.24) is 5.32 Å². The highest BCUT2D eigenvalue weighted by atomic mass is 16.5. The Labute approximate surface area is 97.8 Å². The van der Waals surface area contributed by atoms with Crippen molar-refractivity contribution >= 4 is 0 Å². The van der Waals surface area contributed by atoms with Crippen molar-refractivity contribution in [3.8, 4) is 11.5 Å². The second-order valence-corrected chi connectivity index (χ2v) is 3.99. The lowest BCUT2D eigenvalue weighted by atomic mass is 10.3. The summed E-state index contributed by atoms with van der Waals surface area (Å²) in [6.45, 7) is 6.00. The van der Waals surface area contributed by atoms with Gasteiger partial charge in [-0.2, -0.15) is 0 Å². The summed E-state index contributed by atoms with van der Waals surface area (Å²) in [4.78, 5) is 0. The molecule has 0 radical (unpaired) electrons. The molecular weight excluding hydrogens is 202 g/mol. The van der Waals surface area contributed by atoms with Crippen LogP contribution in [0.2, 0.25) is 0 Å². The van der Waals surface area contributed by atoms with E-state index in [-0.39, 0.29) is 0 Å². The Morgan fingerprint density at radius 1 is 1.25 bits per heavy atom. The third-order valence-electron chi connectivity index (χ3n) is 2.18. The number of hydrogen-bond acceptors (Lipinski definition) is 3. The van der Waals surface area contributed by atoms with E-state index in [1.54, 1.807) is 7.11 Å². The fourth-order valence-corrected chi connectivity index (χ4v) is 1.34. The van der Waals surface area contributed by atoms with Crippen LogP contribution in [0.15, 0.2) is 24.3 Å². The zero-order valence-corrected chi connectivity index (χ0v) is 10.3. The van der Waals surface area contributed by atoms with Crippen molar-refractivity contribution in [2.24, 2.45) is 0 Å². The molecule has 0 bridgehead atoms. The van der Waals surface area contributed by atoms with Crippen LogP contribution in [-0.2, 0) is 0 Å². The molecule has 90 valence electrons. The highest BCUT2D eigenvalue weighted by Crippen LogP contribution is 2.18. The molecule has 0 saturated heterocycles. The van der Waals surface area contributed by atoms with Crippen LogP contribution in [0.5, 0.6) is 11.5 Å². The lowest BCUT2D eigenvalue weighted by Gasteiger charge is -2.09. The molecular formula is C13H21NO2. The predicted molar refractivity (Wildman–Crippen MR) is 66.2 cm³/mol. The molecule has 0 heterocycles. The van der Waals surface area contributed by atoms with E-state index in [1.165, 1.54) is 0 Å². The van der Waals surface area contributed by atoms with Gasteiger partial charge in [0.2, 0.25) is 0 Å². The molecule has 3 nitrogen and oxygen atoms in total. The van der Waals surface area contributed by atoms with Gasteiger partial charge in [0.1, 0.15) is 11.5 Å². The predicted octanol–water partition coefficient (Wildman–Crippen LogP) is 2.46. The zero-order valence-electron chi connectivity index (χ0n) is 10.3. The number of methoxy groups -OCH3 is 1. The number of hydrogen-bond donors (Lipinski definition) is 1. The first-order valence-corrected chi connectivity index (χ1v) is 5.72. The van der Waals surface area contributed by atoms with Gasteiger partial charge in [0, 0.05) is 12.1 Å². The monoisotopic (exact) mass is 223 g/mol. The molecule has 1 N–H and O–H groups in total. The molecule has 0 atom stereocenters. The summed E-state index contributed by atoms with van der Waals surface area (Å²) in [7, 11) is 1.66. The summed E-state index contributed by atoms with van der Waals surface area (Å²) >= 11 is 0. The van der Waals surface area contributed by atoms with Crippen LogP contribution in [0, 0.1) is 0 Å². The first-order valence-electron chi connectivity index (χ1n) is 5.72. The van der Waals surface area contributed by atoms with Crippen LogP contribution < -0.4 is 14.8 Å². The maximum atomic E-state index is 5.61. The summed E-state index contributed by atoms with van der Waals surface area (Å²) in [6.07, 6.45) is 1.01. The Morgan fingerprint density at radius 2 is 2.00 bits per heavy atom. The van der Waals surface area contributed by atoms with E-state index in [1.807, 2.05) is 24.3 Å². The largest absolute Gasteiger partial charge is 0.497 e. The molecule has 0 aliphatic rings. The Kier molecular flexibility index (Phi) is 5.72. The molecule has 0 unspecified atom stereocenters. The normalized spacial score (nSPS) is 10.5. The Hall–Kier alpha value is -1.22. The van der Waals surface area contributed by atoms with E-state index in [0.29, 0.717) is 6.04 Å². The molecule has 3 heteroatoms. The van der Waals surface area contributed by atoms with Gasteiger partial charge in [-0.15, -0.1) is 0 Å². The lowest BCUT2D eigenvalue weighted by Crippen LogP contribution is -2.24. The SMILES string of the molecule is COc1cccc(OCCCNC(C)C)c1. The summed E-state index contributed by atoms with van der Waals surface area (Å²) in [6, 6.07) is 8.22. The second-order valence-electron chi connectivity index (χ2n) is 3.99. The van der Waals surface area contributed by atoms with E-state index < -0.39 is 0 Å². The van der Waals surface area contributed by atoms with Gasteiger partial charge in [-0.1, -0.05) is 19.9 Å². The van der Waals surface area contributed by atoms with Crippen LogP contribution in [0.3, 0.4) is 0 Å². The van der Waals surface area contributed by atoms with Crippen LogP contribution in [-0.4, -0.2) is 26.3 Å². The summed E-state index contributed by atoms with van der Waals surface area (Å²) in [5.74, 6) is 1.70. The van der Waals surface area contributed by atoms with Gasteiger partial charge in [0.25, 0.3) is 0 Å². The molecule has 1 aromatic rings. The molecule has 0 amide bonds. The van der Waals surface area contributed by atoms with E-state index >= 15 is 0 Å². The van der Waals surface area contributed by atoms with Gasteiger partial charge in [0.15, 0.2) is 0 Å². The topological polar surface area (TPSA) is 30.5 Å². The van der Waals surface area contributed by atoms with Crippen LogP contribution in [0.25, 0.3) is 0 Å². The average molecular weight is 223 g/mol. The third-order valence-corrected chi connectivity index (χ3v) is 2.18. The van der Waals surface area contributed by atoms with Crippen molar-refractivity contribution < 1.29 is 9.47 Å². The van der Waals surface area contributed by atoms with Gasteiger partial charge in [-0.3, -0.25) is 0 Å². The van der Waals surface area contributed by atoms with Crippen molar-refractivity contribution in [3.05, 3.63) is 24.3 Å². The smallest absolute Gasteiger partial charge is 0.122 e. The standard InChI is InChI=1S/C13H21NO2/c1-11(2)14-8-5-9-16-13-7-4-6-12(10-13)15-3/h4,6-7,10-11,14H,5,8-9H2,1-3H3. The number of benzene rings is 1. The van der Waals surface area contributed by atoms with Gasteiger partial charge in [0.05, 0.1) is 13.7 Å². The average Bonchev–Trinajstić information content (AvgIpc) is 2.28. The van der Waals surface area contributed by atoms with Gasteiger partial charge >= 0.3 is 0 Å². The summed E-state index contributed by atoms with van der Waals surface area (Å²) in [5.41, 5.74) is 0. The molecule has 0 aliphatic heterocycles. The summed E-state index contributed by atoms with van der Waals surface area (Å²) < 4.78 is 10.7. The zero-order chi connectivity index (χ0) is 11.8. The Bertz CT molecular complexity index is 300. The van der Waals surface area contributed by atoms with Gasteiger partial charge < -0.3 is 14.8 Å².